The van der Waals surface area contributed by atoms with E-state index in [0.29, 0.717) is 6.16 Å². The average Bonchev–Trinajstić information content (AvgIpc) is 2.92. The second-order valence-electron chi connectivity index (χ2n) is 9.48. The van der Waals surface area contributed by atoms with Crippen LogP contribution in [0.5, 0.6) is 5.75 Å². The predicted molar refractivity (Wildman–Crippen MR) is 155 cm³/mol. The van der Waals surface area contributed by atoms with Crippen LogP contribution in [-0.2, 0) is 6.42 Å². The fourth-order valence-electron chi connectivity index (χ4n) is 4.80. The third kappa shape index (κ3) is 6.42. The van der Waals surface area contributed by atoms with Gasteiger partial charge in [0, 0.05) is 0 Å². The van der Waals surface area contributed by atoms with Crippen molar-refractivity contribution in [1.82, 2.24) is 4.90 Å². The molecule has 1 N–H and O–H groups in total. The van der Waals surface area contributed by atoms with E-state index in [0.717, 1.165) is 25.1 Å². The number of rotatable bonds is 12. The molecule has 4 aromatic rings. The fraction of sp³-hybridized carbons (Fsp3) is 0.250. The minimum Gasteiger partial charge on any atom is -0.490 e. The van der Waals surface area contributed by atoms with Gasteiger partial charge in [0.25, 0.3) is 0 Å². The molecule has 0 heterocycles. The topological polar surface area (TPSA) is 32.7 Å². The van der Waals surface area contributed by atoms with Crippen LogP contribution in [0.1, 0.15) is 12.0 Å². The first-order valence-electron chi connectivity index (χ1n) is 12.7. The molecule has 4 heteroatoms. The van der Waals surface area contributed by atoms with E-state index < -0.39 is 13.4 Å². The van der Waals surface area contributed by atoms with Gasteiger partial charge in [-0.05, 0) is 81.5 Å². The van der Waals surface area contributed by atoms with Crippen molar-refractivity contribution in [2.24, 2.45) is 0 Å². The molecule has 0 saturated carbocycles. The number of aliphatic hydroxyl groups excluding tert-OH is 1. The van der Waals surface area contributed by atoms with Gasteiger partial charge < -0.3 is 14.7 Å². The minimum atomic E-state index is -2.11. The standard InChI is InChI=1S/C32H37NO2P/c1-33(2)24-14-16-27-15-12-13-23-32(27)35-25-28(34)26-36(29-17-6-3-7-18-29,30-19-8-4-9-20-30)31-21-10-5-11-22-31/h3-13,15,17-23,28,34H,14,16,24-26H2,1-2H3/q+1. The molecular weight excluding hydrogens is 461 g/mol. The van der Waals surface area contributed by atoms with Gasteiger partial charge in [-0.2, -0.15) is 0 Å². The van der Waals surface area contributed by atoms with Crippen LogP contribution in [0, 0.1) is 0 Å². The lowest BCUT2D eigenvalue weighted by Gasteiger charge is -2.29. The summed E-state index contributed by atoms with van der Waals surface area (Å²) in [7, 11) is 2.09. The highest BCUT2D eigenvalue weighted by atomic mass is 31.2. The fourth-order valence-corrected chi connectivity index (χ4v) is 9.11. The summed E-state index contributed by atoms with van der Waals surface area (Å²) >= 11 is 0. The maximum absolute atomic E-state index is 11.5. The Morgan fingerprint density at radius 3 is 1.67 bits per heavy atom. The summed E-state index contributed by atoms with van der Waals surface area (Å²) in [6.07, 6.45) is 2.03. The van der Waals surface area contributed by atoms with Gasteiger partial charge in [-0.15, -0.1) is 0 Å². The summed E-state index contributed by atoms with van der Waals surface area (Å²) in [6.45, 7) is 1.30. The Balaban J connectivity index is 1.61. The Labute approximate surface area is 216 Å². The van der Waals surface area contributed by atoms with Gasteiger partial charge in [-0.1, -0.05) is 72.8 Å². The van der Waals surface area contributed by atoms with Crippen molar-refractivity contribution in [3.8, 4) is 5.75 Å². The van der Waals surface area contributed by atoms with Crippen molar-refractivity contribution < 1.29 is 9.84 Å². The van der Waals surface area contributed by atoms with E-state index >= 15 is 0 Å². The van der Waals surface area contributed by atoms with Crippen LogP contribution in [-0.4, -0.2) is 49.5 Å². The maximum Gasteiger partial charge on any atom is 0.123 e. The van der Waals surface area contributed by atoms with Crippen molar-refractivity contribution >= 4 is 23.2 Å². The molecule has 0 bridgehead atoms. The lowest BCUT2D eigenvalue weighted by atomic mass is 10.1. The Hall–Kier alpha value is -2.97. The first kappa shape index (κ1) is 26.1. The highest BCUT2D eigenvalue weighted by molar-refractivity contribution is 7.95. The maximum atomic E-state index is 11.5. The van der Waals surface area contributed by atoms with Gasteiger partial charge in [0.15, 0.2) is 0 Å². The van der Waals surface area contributed by atoms with Gasteiger partial charge in [-0.25, -0.2) is 0 Å². The van der Waals surface area contributed by atoms with E-state index in [-0.39, 0.29) is 6.61 Å². The number of benzene rings is 4. The van der Waals surface area contributed by atoms with Gasteiger partial charge in [-0.3, -0.25) is 0 Å². The second-order valence-corrected chi connectivity index (χ2v) is 13.0. The molecule has 0 spiro atoms. The van der Waals surface area contributed by atoms with E-state index in [1.165, 1.54) is 21.5 Å². The largest absolute Gasteiger partial charge is 0.490 e. The molecule has 0 fully saturated rings. The molecular formula is C32H37NO2P+. The van der Waals surface area contributed by atoms with Crippen LogP contribution in [0.3, 0.4) is 0 Å². The summed E-state index contributed by atoms with van der Waals surface area (Å²) in [5.41, 5.74) is 1.20. The predicted octanol–water partition coefficient (Wildman–Crippen LogP) is 4.91. The molecule has 36 heavy (non-hydrogen) atoms. The van der Waals surface area contributed by atoms with Crippen LogP contribution in [0.25, 0.3) is 0 Å². The number of ether oxygens (including phenoxy) is 1. The Bertz CT molecular complexity index is 1090. The highest BCUT2D eigenvalue weighted by Crippen LogP contribution is 2.55. The van der Waals surface area contributed by atoms with Crippen LogP contribution < -0.4 is 20.7 Å². The van der Waals surface area contributed by atoms with Crippen LogP contribution >= 0.6 is 7.26 Å². The number of aliphatic hydroxyl groups is 1. The molecule has 0 aliphatic rings. The van der Waals surface area contributed by atoms with Crippen LogP contribution in [0.2, 0.25) is 0 Å². The van der Waals surface area contributed by atoms with Gasteiger partial charge in [0.2, 0.25) is 0 Å². The normalized spacial score (nSPS) is 12.4. The zero-order valence-corrected chi connectivity index (χ0v) is 22.2. The lowest BCUT2D eigenvalue weighted by Crippen LogP contribution is -2.38. The number of nitrogens with zero attached hydrogens (tertiary/aromatic N) is 1. The molecule has 0 amide bonds. The molecule has 0 aromatic heterocycles. The number of hydrogen-bond acceptors (Lipinski definition) is 3. The van der Waals surface area contributed by atoms with Crippen molar-refractivity contribution in [2.75, 3.05) is 33.4 Å². The zero-order valence-electron chi connectivity index (χ0n) is 21.3. The number of hydrogen-bond donors (Lipinski definition) is 1. The number of para-hydroxylation sites is 1. The molecule has 1 unspecified atom stereocenters. The molecule has 4 aromatic carbocycles. The quantitative estimate of drug-likeness (QED) is 0.282. The molecule has 0 aliphatic heterocycles. The highest BCUT2D eigenvalue weighted by Gasteiger charge is 2.46. The second kappa shape index (κ2) is 12.8. The molecule has 186 valence electrons. The van der Waals surface area contributed by atoms with Gasteiger partial charge in [0.1, 0.15) is 47.8 Å². The van der Waals surface area contributed by atoms with E-state index in [1.807, 2.05) is 12.1 Å². The smallest absolute Gasteiger partial charge is 0.123 e. The molecule has 0 radical (unpaired) electrons. The van der Waals surface area contributed by atoms with Crippen molar-refractivity contribution in [3.05, 3.63) is 121 Å². The molecule has 0 saturated heterocycles. The lowest BCUT2D eigenvalue weighted by molar-refractivity contribution is 0.125. The first-order valence-corrected chi connectivity index (χ1v) is 14.7. The van der Waals surface area contributed by atoms with Crippen molar-refractivity contribution in [3.63, 3.8) is 0 Å². The Morgan fingerprint density at radius 2 is 1.17 bits per heavy atom. The third-order valence-electron chi connectivity index (χ3n) is 6.53. The Morgan fingerprint density at radius 1 is 0.694 bits per heavy atom. The average molecular weight is 499 g/mol. The monoisotopic (exact) mass is 498 g/mol. The molecule has 3 nitrogen and oxygen atoms in total. The summed E-state index contributed by atoms with van der Waals surface area (Å²) in [5.74, 6) is 0.873. The van der Waals surface area contributed by atoms with Crippen molar-refractivity contribution in [2.45, 2.75) is 18.9 Å². The third-order valence-corrected chi connectivity index (χ3v) is 11.0. The zero-order chi connectivity index (χ0) is 25.2. The van der Waals surface area contributed by atoms with E-state index in [4.69, 9.17) is 4.74 Å². The molecule has 4 rings (SSSR count). The first-order chi connectivity index (χ1) is 17.6. The van der Waals surface area contributed by atoms with E-state index in [9.17, 15) is 5.11 Å². The molecule has 1 atom stereocenters. The molecule has 0 aliphatic carbocycles. The summed E-state index contributed by atoms with van der Waals surface area (Å²) in [4.78, 5) is 2.20. The van der Waals surface area contributed by atoms with Crippen LogP contribution in [0.15, 0.2) is 115 Å². The van der Waals surface area contributed by atoms with Gasteiger partial charge in [0.05, 0.1) is 0 Å². The summed E-state index contributed by atoms with van der Waals surface area (Å²) in [5, 5.41) is 15.3. The number of aryl methyl sites for hydroxylation is 1. The SMILES string of the molecule is CN(C)CCCc1ccccc1OCC(O)C[P+](c1ccccc1)(c1ccccc1)c1ccccc1. The minimum absolute atomic E-state index is 0.263. The summed E-state index contributed by atoms with van der Waals surface area (Å²) in [6, 6.07) is 40.2. The van der Waals surface area contributed by atoms with Crippen molar-refractivity contribution in [1.29, 1.82) is 0 Å². The van der Waals surface area contributed by atoms with Crippen LogP contribution in [0.4, 0.5) is 0 Å². The Kier molecular flexibility index (Phi) is 9.30. The van der Waals surface area contributed by atoms with E-state index in [1.54, 1.807) is 0 Å². The summed E-state index contributed by atoms with van der Waals surface area (Å²) < 4.78 is 6.26. The van der Waals surface area contributed by atoms with E-state index in [2.05, 4.69) is 122 Å². The van der Waals surface area contributed by atoms with Gasteiger partial charge >= 0.3 is 0 Å².